The second-order valence-electron chi connectivity index (χ2n) is 6.38. The topological polar surface area (TPSA) is 66.4 Å². The fourth-order valence-corrected chi connectivity index (χ4v) is 2.62. The molecule has 1 saturated carbocycles. The molecule has 0 aromatic heterocycles. The highest BCUT2D eigenvalue weighted by atomic mass is 16.4. The number of carboxylic acid groups (broad SMARTS) is 1. The van der Waals surface area contributed by atoms with E-state index in [2.05, 4.69) is 26.1 Å². The maximum atomic E-state index is 11.5. The Kier molecular flexibility index (Phi) is 5.17. The minimum atomic E-state index is -0.915. The summed E-state index contributed by atoms with van der Waals surface area (Å²) in [5, 5.41) is 11.5. The standard InChI is InChI=1S/C14H25NO3/c1-14(2,3)10-4-6-11(7-5-10)15-12(16)8-9-13(17)18/h10-11H,4-9H2,1-3H3,(H,15,16)(H,17,18). The summed E-state index contributed by atoms with van der Waals surface area (Å²) < 4.78 is 0. The zero-order chi connectivity index (χ0) is 13.8. The minimum absolute atomic E-state index is 0.0802. The average Bonchev–Trinajstić information content (AvgIpc) is 2.26. The first kappa shape index (κ1) is 15.0. The molecule has 0 aliphatic heterocycles. The van der Waals surface area contributed by atoms with Crippen LogP contribution in [0, 0.1) is 11.3 Å². The van der Waals surface area contributed by atoms with Crippen LogP contribution in [0.4, 0.5) is 0 Å². The highest BCUT2D eigenvalue weighted by Gasteiger charge is 2.30. The molecule has 1 aliphatic carbocycles. The second-order valence-corrected chi connectivity index (χ2v) is 6.38. The molecular weight excluding hydrogens is 230 g/mol. The zero-order valence-electron chi connectivity index (χ0n) is 11.7. The third kappa shape index (κ3) is 5.07. The summed E-state index contributed by atoms with van der Waals surface area (Å²) in [5.74, 6) is -0.317. The maximum absolute atomic E-state index is 11.5. The summed E-state index contributed by atoms with van der Waals surface area (Å²) in [4.78, 5) is 21.9. The molecule has 0 aromatic carbocycles. The van der Waals surface area contributed by atoms with Crippen LogP contribution in [0.15, 0.2) is 0 Å². The van der Waals surface area contributed by atoms with Gasteiger partial charge in [0.25, 0.3) is 0 Å². The smallest absolute Gasteiger partial charge is 0.303 e. The summed E-state index contributed by atoms with van der Waals surface area (Å²) in [6, 6.07) is 0.241. The van der Waals surface area contributed by atoms with Gasteiger partial charge in [0.1, 0.15) is 0 Å². The number of hydrogen-bond acceptors (Lipinski definition) is 2. The lowest BCUT2D eigenvalue weighted by molar-refractivity contribution is -0.139. The minimum Gasteiger partial charge on any atom is -0.481 e. The number of hydrogen-bond donors (Lipinski definition) is 2. The van der Waals surface area contributed by atoms with E-state index in [-0.39, 0.29) is 24.8 Å². The Morgan fingerprint density at radius 1 is 1.11 bits per heavy atom. The van der Waals surface area contributed by atoms with Crippen molar-refractivity contribution in [2.45, 2.75) is 65.3 Å². The maximum Gasteiger partial charge on any atom is 0.303 e. The highest BCUT2D eigenvalue weighted by Crippen LogP contribution is 2.37. The van der Waals surface area contributed by atoms with Gasteiger partial charge in [-0.05, 0) is 37.0 Å². The highest BCUT2D eigenvalue weighted by molar-refractivity contribution is 5.80. The molecule has 0 atom stereocenters. The summed E-state index contributed by atoms with van der Waals surface area (Å²) >= 11 is 0. The molecule has 2 N–H and O–H groups in total. The molecule has 0 unspecified atom stereocenters. The van der Waals surface area contributed by atoms with Gasteiger partial charge in [-0.3, -0.25) is 9.59 Å². The van der Waals surface area contributed by atoms with E-state index in [0.717, 1.165) is 31.6 Å². The van der Waals surface area contributed by atoms with Crippen molar-refractivity contribution in [2.24, 2.45) is 11.3 Å². The van der Waals surface area contributed by atoms with Crippen molar-refractivity contribution in [1.29, 1.82) is 0 Å². The quantitative estimate of drug-likeness (QED) is 0.811. The SMILES string of the molecule is CC(C)(C)C1CCC(NC(=O)CCC(=O)O)CC1. The molecule has 0 bridgehead atoms. The van der Waals surface area contributed by atoms with Crippen LogP contribution in [0.2, 0.25) is 0 Å². The largest absolute Gasteiger partial charge is 0.481 e. The Labute approximate surface area is 109 Å². The number of carbonyl (C=O) groups excluding carboxylic acids is 1. The van der Waals surface area contributed by atoms with Crippen molar-refractivity contribution in [3.05, 3.63) is 0 Å². The Morgan fingerprint density at radius 2 is 1.67 bits per heavy atom. The first-order valence-corrected chi connectivity index (χ1v) is 6.80. The van der Waals surface area contributed by atoms with E-state index in [9.17, 15) is 9.59 Å². The van der Waals surface area contributed by atoms with E-state index in [1.54, 1.807) is 0 Å². The molecule has 1 amide bonds. The molecule has 4 nitrogen and oxygen atoms in total. The third-order valence-electron chi connectivity index (χ3n) is 3.88. The summed E-state index contributed by atoms with van der Waals surface area (Å²) in [5.41, 5.74) is 0.346. The number of aliphatic carboxylic acids is 1. The molecule has 1 rings (SSSR count). The molecule has 4 heteroatoms. The van der Waals surface area contributed by atoms with Gasteiger partial charge in [0.05, 0.1) is 6.42 Å². The van der Waals surface area contributed by atoms with E-state index in [1.165, 1.54) is 0 Å². The molecule has 104 valence electrons. The van der Waals surface area contributed by atoms with E-state index in [4.69, 9.17) is 5.11 Å². The van der Waals surface area contributed by atoms with Crippen molar-refractivity contribution in [3.8, 4) is 0 Å². The molecule has 0 saturated heterocycles. The van der Waals surface area contributed by atoms with Crippen LogP contribution in [0.5, 0.6) is 0 Å². The summed E-state index contributed by atoms with van der Waals surface area (Å²) in [7, 11) is 0. The van der Waals surface area contributed by atoms with Crippen LogP contribution in [-0.4, -0.2) is 23.0 Å². The van der Waals surface area contributed by atoms with Crippen LogP contribution in [0.25, 0.3) is 0 Å². The first-order valence-electron chi connectivity index (χ1n) is 6.80. The van der Waals surface area contributed by atoms with E-state index >= 15 is 0 Å². The Hall–Kier alpha value is -1.06. The van der Waals surface area contributed by atoms with E-state index in [1.807, 2.05) is 0 Å². The lowest BCUT2D eigenvalue weighted by Crippen LogP contribution is -2.39. The van der Waals surface area contributed by atoms with E-state index in [0.29, 0.717) is 5.41 Å². The van der Waals surface area contributed by atoms with Gasteiger partial charge in [-0.1, -0.05) is 20.8 Å². The van der Waals surface area contributed by atoms with Gasteiger partial charge in [0, 0.05) is 12.5 Å². The lowest BCUT2D eigenvalue weighted by Gasteiger charge is -2.37. The average molecular weight is 255 g/mol. The molecule has 18 heavy (non-hydrogen) atoms. The van der Waals surface area contributed by atoms with Gasteiger partial charge in [-0.2, -0.15) is 0 Å². The molecule has 0 radical (unpaired) electrons. The van der Waals surface area contributed by atoms with Gasteiger partial charge in [-0.25, -0.2) is 0 Å². The molecule has 1 aliphatic rings. The third-order valence-corrected chi connectivity index (χ3v) is 3.88. The second kappa shape index (κ2) is 6.21. The van der Waals surface area contributed by atoms with Gasteiger partial charge in [0.15, 0.2) is 0 Å². The molecule has 0 spiro atoms. The molecule has 0 aromatic rings. The molecular formula is C14H25NO3. The van der Waals surface area contributed by atoms with Gasteiger partial charge in [-0.15, -0.1) is 0 Å². The summed E-state index contributed by atoms with van der Waals surface area (Å²) in [6.07, 6.45) is 4.33. The Bertz CT molecular complexity index is 299. The normalized spacial score (nSPS) is 24.6. The number of nitrogens with one attached hydrogen (secondary N) is 1. The van der Waals surface area contributed by atoms with Crippen molar-refractivity contribution < 1.29 is 14.7 Å². The van der Waals surface area contributed by atoms with Crippen LogP contribution in [0.3, 0.4) is 0 Å². The van der Waals surface area contributed by atoms with Crippen molar-refractivity contribution in [2.75, 3.05) is 0 Å². The number of carboxylic acids is 1. The number of carbonyl (C=O) groups is 2. The van der Waals surface area contributed by atoms with Crippen molar-refractivity contribution >= 4 is 11.9 Å². The van der Waals surface area contributed by atoms with Crippen LogP contribution in [-0.2, 0) is 9.59 Å². The fourth-order valence-electron chi connectivity index (χ4n) is 2.62. The predicted molar refractivity (Wildman–Crippen MR) is 70.2 cm³/mol. The van der Waals surface area contributed by atoms with Gasteiger partial charge in [0.2, 0.25) is 5.91 Å². The Balaban J connectivity index is 2.27. The summed E-state index contributed by atoms with van der Waals surface area (Å²) in [6.45, 7) is 6.80. The number of rotatable bonds is 4. The zero-order valence-corrected chi connectivity index (χ0v) is 11.7. The van der Waals surface area contributed by atoms with Gasteiger partial charge >= 0.3 is 5.97 Å². The van der Waals surface area contributed by atoms with Crippen molar-refractivity contribution in [3.63, 3.8) is 0 Å². The number of amides is 1. The molecule has 0 heterocycles. The van der Waals surface area contributed by atoms with Crippen LogP contribution < -0.4 is 5.32 Å². The molecule has 1 fully saturated rings. The van der Waals surface area contributed by atoms with Gasteiger partial charge < -0.3 is 10.4 Å². The monoisotopic (exact) mass is 255 g/mol. The fraction of sp³-hybridized carbons (Fsp3) is 0.857. The van der Waals surface area contributed by atoms with E-state index < -0.39 is 5.97 Å². The Morgan fingerprint density at radius 3 is 2.11 bits per heavy atom. The van der Waals surface area contributed by atoms with Crippen molar-refractivity contribution in [1.82, 2.24) is 5.32 Å². The predicted octanol–water partition coefficient (Wildman–Crippen LogP) is 2.57. The lowest BCUT2D eigenvalue weighted by atomic mass is 9.71. The first-order chi connectivity index (χ1) is 8.29. The van der Waals surface area contributed by atoms with Crippen LogP contribution in [0.1, 0.15) is 59.3 Å². The van der Waals surface area contributed by atoms with Crippen LogP contribution >= 0.6 is 0 Å².